The predicted octanol–water partition coefficient (Wildman–Crippen LogP) is 5.38. The quantitative estimate of drug-likeness (QED) is 0.222. The minimum Gasteiger partial charge on any atom is -0.507 e. The Kier molecular flexibility index (Phi) is 5.97. The van der Waals surface area contributed by atoms with E-state index >= 15 is 0 Å². The molecule has 1 amide bonds. The number of likely N-dealkylation sites (tertiary alicyclic amines) is 1. The first-order chi connectivity index (χ1) is 17.0. The Labute approximate surface area is 201 Å². The number of furan rings is 2. The zero-order valence-corrected chi connectivity index (χ0v) is 19.0. The summed E-state index contributed by atoms with van der Waals surface area (Å²) in [5.74, 6) is -0.297. The van der Waals surface area contributed by atoms with Gasteiger partial charge in [0.1, 0.15) is 35.7 Å². The number of Topliss-reactive ketones (excluding diaryl/α,β-unsaturated/α-hetero) is 1. The van der Waals surface area contributed by atoms with Gasteiger partial charge in [0, 0.05) is 5.56 Å². The average molecular weight is 469 g/mol. The highest BCUT2D eigenvalue weighted by molar-refractivity contribution is 6.46. The van der Waals surface area contributed by atoms with Crippen molar-refractivity contribution in [2.45, 2.75) is 26.1 Å². The molecular formula is C28H23NO6. The van der Waals surface area contributed by atoms with Gasteiger partial charge in [-0.25, -0.2) is 0 Å². The number of carbonyl (C=O) groups excluding carboxylic acids is 2. The van der Waals surface area contributed by atoms with Crippen molar-refractivity contribution in [2.24, 2.45) is 0 Å². The van der Waals surface area contributed by atoms with Gasteiger partial charge in [-0.05, 0) is 66.6 Å². The molecule has 3 heterocycles. The maximum absolute atomic E-state index is 13.0. The van der Waals surface area contributed by atoms with Gasteiger partial charge in [0.2, 0.25) is 0 Å². The summed E-state index contributed by atoms with van der Waals surface area (Å²) in [6.45, 7) is 2.50. The molecule has 2 aromatic heterocycles. The van der Waals surface area contributed by atoms with Crippen molar-refractivity contribution < 1.29 is 28.3 Å². The minimum atomic E-state index is -0.882. The van der Waals surface area contributed by atoms with Gasteiger partial charge >= 0.3 is 0 Å². The summed E-state index contributed by atoms with van der Waals surface area (Å²) in [5, 5.41) is 11.1. The average Bonchev–Trinajstić information content (AvgIpc) is 3.63. The van der Waals surface area contributed by atoms with Crippen LogP contribution >= 0.6 is 0 Å². The molecule has 176 valence electrons. The van der Waals surface area contributed by atoms with Crippen molar-refractivity contribution in [3.8, 4) is 5.75 Å². The second-order valence-corrected chi connectivity index (χ2v) is 8.26. The third-order valence-corrected chi connectivity index (χ3v) is 6.04. The Morgan fingerprint density at radius 3 is 2.37 bits per heavy atom. The second kappa shape index (κ2) is 9.38. The highest BCUT2D eigenvalue weighted by atomic mass is 16.5. The fraction of sp³-hybridized carbons (Fsp3) is 0.143. The van der Waals surface area contributed by atoms with E-state index in [1.807, 2.05) is 31.2 Å². The molecule has 7 heteroatoms. The number of ether oxygens (including phenoxy) is 1. The summed E-state index contributed by atoms with van der Waals surface area (Å²) in [4.78, 5) is 27.3. The zero-order chi connectivity index (χ0) is 24.4. The van der Waals surface area contributed by atoms with Crippen molar-refractivity contribution in [1.29, 1.82) is 0 Å². The maximum atomic E-state index is 13.0. The van der Waals surface area contributed by atoms with Crippen LogP contribution in [0.4, 0.5) is 0 Å². The van der Waals surface area contributed by atoms with Crippen molar-refractivity contribution in [3.63, 3.8) is 0 Å². The van der Waals surface area contributed by atoms with Gasteiger partial charge in [-0.1, -0.05) is 24.3 Å². The Morgan fingerprint density at radius 1 is 0.943 bits per heavy atom. The lowest BCUT2D eigenvalue weighted by Gasteiger charge is -2.22. The summed E-state index contributed by atoms with van der Waals surface area (Å²) in [7, 11) is 0. The fourth-order valence-electron chi connectivity index (χ4n) is 4.15. The highest BCUT2D eigenvalue weighted by Crippen LogP contribution is 2.40. The number of hydrogen-bond donors (Lipinski definition) is 1. The topological polar surface area (TPSA) is 93.1 Å². The second-order valence-electron chi connectivity index (χ2n) is 8.26. The molecular weight excluding hydrogens is 446 g/mol. The lowest BCUT2D eigenvalue weighted by molar-refractivity contribution is -0.140. The van der Waals surface area contributed by atoms with E-state index in [4.69, 9.17) is 13.6 Å². The van der Waals surface area contributed by atoms with Crippen LogP contribution in [0, 0.1) is 6.92 Å². The number of aliphatic hydroxyl groups is 1. The van der Waals surface area contributed by atoms with Gasteiger partial charge in [-0.2, -0.15) is 0 Å². The number of aliphatic hydroxyl groups excluding tert-OH is 1. The molecule has 2 aromatic carbocycles. The standard InChI is InChI=1S/C28H23NO6/c1-18-6-2-3-7-20(18)17-35-21-12-10-19(11-13-21)26(30)24-25(23-9-5-15-34-23)29(28(32)27(24)31)16-22-8-4-14-33-22/h2-15,25,30H,16-17H2,1H3/b26-24+/t25-/m0/s1. The smallest absolute Gasteiger partial charge is 0.296 e. The lowest BCUT2D eigenvalue weighted by atomic mass is 9.99. The van der Waals surface area contributed by atoms with Gasteiger partial charge in [0.15, 0.2) is 0 Å². The van der Waals surface area contributed by atoms with E-state index < -0.39 is 17.7 Å². The van der Waals surface area contributed by atoms with Gasteiger partial charge in [-0.15, -0.1) is 0 Å². The van der Waals surface area contributed by atoms with Crippen molar-refractivity contribution in [3.05, 3.63) is 119 Å². The summed E-state index contributed by atoms with van der Waals surface area (Å²) in [6.07, 6.45) is 2.96. The Balaban J connectivity index is 1.44. The van der Waals surface area contributed by atoms with Crippen molar-refractivity contribution >= 4 is 17.4 Å². The summed E-state index contributed by atoms with van der Waals surface area (Å²) < 4.78 is 16.8. The molecule has 0 radical (unpaired) electrons. The molecule has 4 aromatic rings. The number of hydrogen-bond acceptors (Lipinski definition) is 6. The fourth-order valence-corrected chi connectivity index (χ4v) is 4.15. The monoisotopic (exact) mass is 469 g/mol. The van der Waals surface area contributed by atoms with Gasteiger partial charge < -0.3 is 23.6 Å². The Hall–Kier alpha value is -4.52. The molecule has 0 bridgehead atoms. The molecule has 1 aliphatic rings. The first-order valence-electron chi connectivity index (χ1n) is 11.1. The molecule has 0 unspecified atom stereocenters. The number of rotatable bonds is 7. The Bertz CT molecular complexity index is 1370. The van der Waals surface area contributed by atoms with Crippen molar-refractivity contribution in [1.82, 2.24) is 4.90 Å². The summed E-state index contributed by atoms with van der Waals surface area (Å²) >= 11 is 0. The third-order valence-electron chi connectivity index (χ3n) is 6.04. The highest BCUT2D eigenvalue weighted by Gasteiger charge is 2.47. The van der Waals surface area contributed by atoms with Gasteiger partial charge in [-0.3, -0.25) is 9.59 Å². The summed E-state index contributed by atoms with van der Waals surface area (Å²) in [5.41, 5.74) is 2.57. The SMILES string of the molecule is Cc1ccccc1COc1ccc(/C(O)=C2\C(=O)C(=O)N(Cc3ccco3)[C@H]2c2ccco2)cc1. The van der Waals surface area contributed by atoms with Crippen LogP contribution in [0.15, 0.2) is 99.7 Å². The molecule has 1 aliphatic heterocycles. The van der Waals surface area contributed by atoms with E-state index in [1.165, 1.54) is 17.4 Å². The number of benzene rings is 2. The number of carbonyl (C=O) groups is 2. The number of aryl methyl sites for hydroxylation is 1. The molecule has 7 nitrogen and oxygen atoms in total. The first-order valence-corrected chi connectivity index (χ1v) is 11.1. The van der Waals surface area contributed by atoms with Crippen LogP contribution < -0.4 is 4.74 Å². The predicted molar refractivity (Wildman–Crippen MR) is 127 cm³/mol. The molecule has 35 heavy (non-hydrogen) atoms. The van der Waals surface area contributed by atoms with Crippen LogP contribution in [0.2, 0.25) is 0 Å². The van der Waals surface area contributed by atoms with E-state index in [1.54, 1.807) is 48.5 Å². The first kappa shape index (κ1) is 22.3. The van der Waals surface area contributed by atoms with Crippen LogP contribution in [-0.4, -0.2) is 21.7 Å². The molecule has 5 rings (SSSR count). The van der Waals surface area contributed by atoms with E-state index in [0.29, 0.717) is 29.4 Å². The minimum absolute atomic E-state index is 0.0370. The van der Waals surface area contributed by atoms with E-state index in [0.717, 1.165) is 11.1 Å². The third kappa shape index (κ3) is 4.36. The normalized spacial score (nSPS) is 17.2. The molecule has 0 saturated carbocycles. The van der Waals surface area contributed by atoms with Crippen LogP contribution in [0.25, 0.3) is 5.76 Å². The van der Waals surface area contributed by atoms with Crippen molar-refractivity contribution in [2.75, 3.05) is 0 Å². The van der Waals surface area contributed by atoms with E-state index in [9.17, 15) is 14.7 Å². The lowest BCUT2D eigenvalue weighted by Crippen LogP contribution is -2.28. The van der Waals surface area contributed by atoms with Crippen LogP contribution in [0.3, 0.4) is 0 Å². The molecule has 1 N–H and O–H groups in total. The molecule has 1 atom stereocenters. The molecule has 1 saturated heterocycles. The molecule has 1 fully saturated rings. The largest absolute Gasteiger partial charge is 0.507 e. The number of amides is 1. The molecule has 0 aliphatic carbocycles. The molecule has 0 spiro atoms. The van der Waals surface area contributed by atoms with E-state index in [-0.39, 0.29) is 17.9 Å². The van der Waals surface area contributed by atoms with Gasteiger partial charge in [0.05, 0.1) is 24.6 Å². The number of ketones is 1. The number of nitrogens with zero attached hydrogens (tertiary/aromatic N) is 1. The van der Waals surface area contributed by atoms with Gasteiger partial charge in [0.25, 0.3) is 11.7 Å². The Morgan fingerprint density at radius 2 is 1.69 bits per heavy atom. The maximum Gasteiger partial charge on any atom is 0.296 e. The van der Waals surface area contributed by atoms with Crippen LogP contribution in [0.5, 0.6) is 5.75 Å². The van der Waals surface area contributed by atoms with E-state index in [2.05, 4.69) is 0 Å². The van der Waals surface area contributed by atoms with Crippen LogP contribution in [-0.2, 0) is 22.7 Å². The van der Waals surface area contributed by atoms with Crippen LogP contribution in [0.1, 0.15) is 34.3 Å². The zero-order valence-electron chi connectivity index (χ0n) is 19.0. The summed E-state index contributed by atoms with van der Waals surface area (Å²) in [6, 6.07) is 20.6.